The molecular formula is C15H18F2N2O2. The Morgan fingerprint density at radius 1 is 1.38 bits per heavy atom. The number of hydrogen-bond donors (Lipinski definition) is 2. The van der Waals surface area contributed by atoms with Gasteiger partial charge in [0, 0.05) is 17.9 Å². The van der Waals surface area contributed by atoms with E-state index in [1.807, 2.05) is 13.8 Å². The molecule has 1 heterocycles. The van der Waals surface area contributed by atoms with Gasteiger partial charge in [-0.1, -0.05) is 19.9 Å². The number of ether oxygens (including phenoxy) is 1. The van der Waals surface area contributed by atoms with Gasteiger partial charge in [0.2, 0.25) is 5.91 Å². The second kappa shape index (κ2) is 4.48. The van der Waals surface area contributed by atoms with E-state index in [4.69, 9.17) is 10.5 Å². The Bertz CT molecular complexity index is 585. The predicted molar refractivity (Wildman–Crippen MR) is 73.5 cm³/mol. The largest absolute Gasteiger partial charge is 0.377 e. The summed E-state index contributed by atoms with van der Waals surface area (Å²) in [6, 6.07) is 3.43. The number of carbonyl (C=O) groups excluding carboxylic acids is 1. The molecule has 3 unspecified atom stereocenters. The molecule has 3 rings (SSSR count). The first-order chi connectivity index (χ1) is 9.80. The summed E-state index contributed by atoms with van der Waals surface area (Å²) in [4.78, 5) is 12.6. The molecule has 0 spiro atoms. The molecule has 6 heteroatoms. The molecule has 0 radical (unpaired) electrons. The first-order valence-corrected chi connectivity index (χ1v) is 6.96. The number of rotatable bonds is 2. The lowest BCUT2D eigenvalue weighted by Gasteiger charge is -2.60. The zero-order valence-corrected chi connectivity index (χ0v) is 12.0. The van der Waals surface area contributed by atoms with Gasteiger partial charge >= 0.3 is 0 Å². The Morgan fingerprint density at radius 2 is 2.00 bits per heavy atom. The van der Waals surface area contributed by atoms with Crippen LogP contribution in [0.15, 0.2) is 18.2 Å². The van der Waals surface area contributed by atoms with E-state index in [0.29, 0.717) is 13.0 Å². The highest BCUT2D eigenvalue weighted by Gasteiger charge is 2.71. The third-order valence-electron chi connectivity index (χ3n) is 5.03. The lowest BCUT2D eigenvalue weighted by atomic mass is 9.48. The minimum atomic E-state index is -1.19. The van der Waals surface area contributed by atoms with Crippen LogP contribution in [-0.2, 0) is 9.53 Å². The molecule has 0 bridgehead atoms. The summed E-state index contributed by atoms with van der Waals surface area (Å²) >= 11 is 0. The summed E-state index contributed by atoms with van der Waals surface area (Å²) in [5.74, 6) is -2.32. The summed E-state index contributed by atoms with van der Waals surface area (Å²) in [6.45, 7) is 4.24. The number of carbonyl (C=O) groups is 1. The fourth-order valence-corrected chi connectivity index (χ4v) is 3.68. The van der Waals surface area contributed by atoms with Crippen molar-refractivity contribution in [3.63, 3.8) is 0 Å². The van der Waals surface area contributed by atoms with Crippen LogP contribution in [0.4, 0.5) is 14.5 Å². The molecule has 2 fully saturated rings. The van der Waals surface area contributed by atoms with Gasteiger partial charge in [-0.3, -0.25) is 4.79 Å². The molecular weight excluding hydrogens is 278 g/mol. The lowest BCUT2D eigenvalue weighted by Crippen LogP contribution is -2.79. The molecule has 2 aliphatic rings. The fourth-order valence-electron chi connectivity index (χ4n) is 3.68. The fraction of sp³-hybridized carbons (Fsp3) is 0.533. The number of para-hydroxylation sites is 1. The van der Waals surface area contributed by atoms with E-state index in [2.05, 4.69) is 5.32 Å². The lowest BCUT2D eigenvalue weighted by molar-refractivity contribution is -0.170. The SMILES string of the molecule is CC1(C)C2OCCC2C1(N)C(=O)Nc1c(F)cccc1F. The smallest absolute Gasteiger partial charge is 0.245 e. The molecule has 1 aromatic rings. The summed E-state index contributed by atoms with van der Waals surface area (Å²) in [7, 11) is 0. The summed E-state index contributed by atoms with van der Waals surface area (Å²) in [6.07, 6.45) is 0.594. The summed E-state index contributed by atoms with van der Waals surface area (Å²) in [5, 5.41) is 2.32. The number of hydrogen-bond acceptors (Lipinski definition) is 3. The van der Waals surface area contributed by atoms with Gasteiger partial charge in [-0.05, 0) is 18.6 Å². The Morgan fingerprint density at radius 3 is 2.62 bits per heavy atom. The second-order valence-corrected chi connectivity index (χ2v) is 6.33. The van der Waals surface area contributed by atoms with Crippen molar-refractivity contribution < 1.29 is 18.3 Å². The van der Waals surface area contributed by atoms with Crippen molar-refractivity contribution in [1.29, 1.82) is 0 Å². The van der Waals surface area contributed by atoms with E-state index in [1.165, 1.54) is 6.07 Å². The molecule has 114 valence electrons. The molecule has 1 saturated carbocycles. The van der Waals surface area contributed by atoms with Gasteiger partial charge in [0.15, 0.2) is 0 Å². The molecule has 3 N–H and O–H groups in total. The number of nitrogens with two attached hydrogens (primary N) is 1. The Labute approximate surface area is 121 Å². The average Bonchev–Trinajstić information content (AvgIpc) is 2.90. The van der Waals surface area contributed by atoms with E-state index >= 15 is 0 Å². The molecule has 1 aliphatic heterocycles. The Balaban J connectivity index is 1.89. The second-order valence-electron chi connectivity index (χ2n) is 6.33. The van der Waals surface area contributed by atoms with Gasteiger partial charge in [-0.25, -0.2) is 8.78 Å². The highest BCUT2D eigenvalue weighted by atomic mass is 19.1. The minimum Gasteiger partial charge on any atom is -0.377 e. The van der Waals surface area contributed by atoms with E-state index in [9.17, 15) is 13.6 Å². The normalized spacial score (nSPS) is 33.2. The first-order valence-electron chi connectivity index (χ1n) is 6.96. The zero-order chi connectivity index (χ0) is 15.4. The van der Waals surface area contributed by atoms with E-state index in [1.54, 1.807) is 0 Å². The molecule has 4 nitrogen and oxygen atoms in total. The molecule has 0 aromatic heterocycles. The van der Waals surface area contributed by atoms with Crippen LogP contribution in [0.3, 0.4) is 0 Å². The van der Waals surface area contributed by atoms with Crippen LogP contribution >= 0.6 is 0 Å². The number of halogens is 2. The van der Waals surface area contributed by atoms with Gasteiger partial charge in [-0.2, -0.15) is 0 Å². The van der Waals surface area contributed by atoms with Crippen molar-refractivity contribution in [3.05, 3.63) is 29.8 Å². The highest BCUT2D eigenvalue weighted by molar-refractivity contribution is 6.00. The van der Waals surface area contributed by atoms with Crippen molar-refractivity contribution in [2.75, 3.05) is 11.9 Å². The topological polar surface area (TPSA) is 64.3 Å². The standard InChI is InChI=1S/C15H18F2N2O2/c1-14(2)12-8(6-7-21-12)15(14,18)13(20)19-11-9(16)4-3-5-10(11)17/h3-5,8,12H,6-7,18H2,1-2H3,(H,19,20). The van der Waals surface area contributed by atoms with Crippen LogP contribution in [0.2, 0.25) is 0 Å². The molecule has 1 saturated heterocycles. The monoisotopic (exact) mass is 296 g/mol. The van der Waals surface area contributed by atoms with Crippen molar-refractivity contribution in [3.8, 4) is 0 Å². The molecule has 1 aromatic carbocycles. The predicted octanol–water partition coefficient (Wildman–Crippen LogP) is 2.05. The average molecular weight is 296 g/mol. The van der Waals surface area contributed by atoms with E-state index in [-0.39, 0.29) is 12.0 Å². The summed E-state index contributed by atoms with van der Waals surface area (Å²) < 4.78 is 32.9. The van der Waals surface area contributed by atoms with Crippen LogP contribution in [0.25, 0.3) is 0 Å². The molecule has 1 amide bonds. The third-order valence-corrected chi connectivity index (χ3v) is 5.03. The molecule has 1 aliphatic carbocycles. The van der Waals surface area contributed by atoms with E-state index < -0.39 is 34.2 Å². The number of fused-ring (bicyclic) bond motifs is 1. The van der Waals surface area contributed by atoms with Crippen LogP contribution in [-0.4, -0.2) is 24.2 Å². The van der Waals surface area contributed by atoms with Crippen LogP contribution in [0.5, 0.6) is 0 Å². The molecule has 3 atom stereocenters. The number of benzene rings is 1. The maximum absolute atomic E-state index is 13.7. The van der Waals surface area contributed by atoms with E-state index in [0.717, 1.165) is 12.1 Å². The van der Waals surface area contributed by atoms with Crippen LogP contribution < -0.4 is 11.1 Å². The van der Waals surface area contributed by atoms with Gasteiger partial charge in [0.05, 0.1) is 6.10 Å². The maximum atomic E-state index is 13.7. The van der Waals surface area contributed by atoms with Crippen molar-refractivity contribution in [2.24, 2.45) is 17.1 Å². The molecule has 21 heavy (non-hydrogen) atoms. The van der Waals surface area contributed by atoms with Gasteiger partial charge in [-0.15, -0.1) is 0 Å². The summed E-state index contributed by atoms with van der Waals surface area (Å²) in [5.41, 5.74) is 4.09. The van der Waals surface area contributed by atoms with Gasteiger partial charge < -0.3 is 15.8 Å². The third kappa shape index (κ3) is 1.75. The number of anilines is 1. The maximum Gasteiger partial charge on any atom is 0.245 e. The zero-order valence-electron chi connectivity index (χ0n) is 12.0. The Hall–Kier alpha value is -1.53. The van der Waals surface area contributed by atoms with Crippen LogP contribution in [0, 0.1) is 23.0 Å². The van der Waals surface area contributed by atoms with Gasteiger partial charge in [0.1, 0.15) is 22.9 Å². The van der Waals surface area contributed by atoms with Crippen molar-refractivity contribution in [1.82, 2.24) is 0 Å². The van der Waals surface area contributed by atoms with Crippen LogP contribution in [0.1, 0.15) is 20.3 Å². The number of nitrogens with one attached hydrogen (secondary N) is 1. The van der Waals surface area contributed by atoms with Crippen molar-refractivity contribution >= 4 is 11.6 Å². The first kappa shape index (κ1) is 14.4. The minimum absolute atomic E-state index is 0.0845. The van der Waals surface area contributed by atoms with Crippen molar-refractivity contribution in [2.45, 2.75) is 31.9 Å². The van der Waals surface area contributed by atoms with Gasteiger partial charge in [0.25, 0.3) is 0 Å². The number of amides is 1. The quantitative estimate of drug-likeness (QED) is 0.878. The highest BCUT2D eigenvalue weighted by Crippen LogP contribution is 2.58. The Kier molecular flexibility index (Phi) is 3.07.